The Morgan fingerprint density at radius 1 is 1.03 bits per heavy atom. The predicted molar refractivity (Wildman–Crippen MR) is 119 cm³/mol. The number of carbonyl (C=O) groups is 1. The lowest BCUT2D eigenvalue weighted by Gasteiger charge is -2.33. The summed E-state index contributed by atoms with van der Waals surface area (Å²) in [6.45, 7) is 8.45. The van der Waals surface area contributed by atoms with Gasteiger partial charge in [0.25, 0.3) is 0 Å². The molecule has 4 rings (SSSR count). The molecule has 1 aromatic carbocycles. The molecule has 0 aliphatic carbocycles. The molecule has 2 fully saturated rings. The lowest BCUT2D eigenvalue weighted by atomic mass is 9.95. The van der Waals surface area contributed by atoms with E-state index in [9.17, 15) is 4.79 Å². The van der Waals surface area contributed by atoms with Crippen molar-refractivity contribution in [2.75, 3.05) is 26.2 Å². The van der Waals surface area contributed by atoms with Crippen LogP contribution < -0.4 is 0 Å². The molecule has 2 aliphatic rings. The van der Waals surface area contributed by atoms with Crippen LogP contribution in [0.1, 0.15) is 49.7 Å². The van der Waals surface area contributed by atoms with Crippen LogP contribution in [-0.4, -0.2) is 61.7 Å². The summed E-state index contributed by atoms with van der Waals surface area (Å²) in [6.07, 6.45) is 6.64. The minimum absolute atomic E-state index is 0.165. The summed E-state index contributed by atoms with van der Waals surface area (Å²) in [7, 11) is 0. The Morgan fingerprint density at radius 3 is 2.43 bits per heavy atom. The lowest BCUT2D eigenvalue weighted by molar-refractivity contribution is -0.137. The highest BCUT2D eigenvalue weighted by molar-refractivity contribution is 7.71. The Bertz CT molecular complexity index is 935. The van der Waals surface area contributed by atoms with Crippen LogP contribution in [0.5, 0.6) is 0 Å². The second kappa shape index (κ2) is 9.39. The van der Waals surface area contributed by atoms with Gasteiger partial charge in [-0.15, -0.1) is 0 Å². The Kier molecular flexibility index (Phi) is 6.63. The highest BCUT2D eigenvalue weighted by Gasteiger charge is 2.29. The zero-order valence-corrected chi connectivity index (χ0v) is 18.9. The van der Waals surface area contributed by atoms with Gasteiger partial charge in [0.05, 0.1) is 12.4 Å². The lowest BCUT2D eigenvalue weighted by Crippen LogP contribution is -2.43. The van der Waals surface area contributed by atoms with Crippen molar-refractivity contribution in [3.8, 4) is 5.69 Å². The SMILES string of the molecule is Cc1cccc(-n2nnn(CN3CCC(C(=O)N4CCCCCC4)CC3)c2=S)c1C. The van der Waals surface area contributed by atoms with Crippen molar-refractivity contribution in [3.05, 3.63) is 34.1 Å². The molecule has 7 nitrogen and oxygen atoms in total. The van der Waals surface area contributed by atoms with Gasteiger partial charge in [0.15, 0.2) is 0 Å². The molecular formula is C22H32N6OS. The van der Waals surface area contributed by atoms with Gasteiger partial charge in [-0.25, -0.2) is 4.68 Å². The number of aromatic nitrogens is 4. The van der Waals surface area contributed by atoms with E-state index in [1.54, 1.807) is 9.36 Å². The summed E-state index contributed by atoms with van der Waals surface area (Å²) in [5.74, 6) is 0.534. The van der Waals surface area contributed by atoms with Gasteiger partial charge in [-0.05, 0) is 79.4 Å². The highest BCUT2D eigenvalue weighted by Crippen LogP contribution is 2.22. The van der Waals surface area contributed by atoms with Crippen molar-refractivity contribution in [2.45, 2.75) is 59.0 Å². The number of likely N-dealkylation sites (tertiary alicyclic amines) is 2. The van der Waals surface area contributed by atoms with Gasteiger partial charge in [-0.1, -0.05) is 25.0 Å². The van der Waals surface area contributed by atoms with E-state index in [-0.39, 0.29) is 5.92 Å². The first-order valence-electron chi connectivity index (χ1n) is 11.1. The minimum Gasteiger partial charge on any atom is -0.342 e. The van der Waals surface area contributed by atoms with Crippen LogP contribution in [0.25, 0.3) is 5.69 Å². The van der Waals surface area contributed by atoms with Crippen molar-refractivity contribution in [1.82, 2.24) is 29.6 Å². The molecule has 3 heterocycles. The number of nitrogens with zero attached hydrogens (tertiary/aromatic N) is 6. The number of tetrazole rings is 1. The standard InChI is InChI=1S/C22H32N6OS/c1-17-8-7-9-20(18(17)2)28-22(30)27(23-24-28)16-25-14-10-19(11-15-25)21(29)26-12-5-3-4-6-13-26/h7-9,19H,3-6,10-16H2,1-2H3. The number of aryl methyl sites for hydroxylation is 1. The first-order chi connectivity index (χ1) is 14.5. The van der Waals surface area contributed by atoms with Crippen molar-refractivity contribution in [2.24, 2.45) is 5.92 Å². The maximum atomic E-state index is 12.9. The van der Waals surface area contributed by atoms with Gasteiger partial charge < -0.3 is 4.90 Å². The molecule has 8 heteroatoms. The molecule has 0 N–H and O–H groups in total. The second-order valence-corrected chi connectivity index (χ2v) is 9.03. The number of hydrogen-bond acceptors (Lipinski definition) is 5. The van der Waals surface area contributed by atoms with E-state index in [1.165, 1.54) is 18.4 Å². The van der Waals surface area contributed by atoms with E-state index in [4.69, 9.17) is 12.2 Å². The molecule has 1 amide bonds. The zero-order valence-electron chi connectivity index (χ0n) is 18.1. The maximum Gasteiger partial charge on any atom is 0.225 e. The van der Waals surface area contributed by atoms with Gasteiger partial charge in [0, 0.05) is 32.1 Å². The fourth-order valence-electron chi connectivity index (χ4n) is 4.54. The molecule has 2 aliphatic heterocycles. The molecule has 0 bridgehead atoms. The quantitative estimate of drug-likeness (QED) is 0.698. The largest absolute Gasteiger partial charge is 0.342 e. The summed E-state index contributed by atoms with van der Waals surface area (Å²) < 4.78 is 4.13. The summed E-state index contributed by atoms with van der Waals surface area (Å²) >= 11 is 5.66. The van der Waals surface area contributed by atoms with Crippen molar-refractivity contribution >= 4 is 18.1 Å². The van der Waals surface area contributed by atoms with E-state index in [0.29, 0.717) is 17.3 Å². The average molecular weight is 429 g/mol. The van der Waals surface area contributed by atoms with E-state index in [0.717, 1.165) is 63.1 Å². The van der Waals surface area contributed by atoms with Gasteiger partial charge in [0.1, 0.15) is 0 Å². The van der Waals surface area contributed by atoms with Crippen LogP contribution in [0.2, 0.25) is 0 Å². The number of rotatable bonds is 4. The third-order valence-corrected chi connectivity index (χ3v) is 7.02. The van der Waals surface area contributed by atoms with Crippen molar-refractivity contribution in [1.29, 1.82) is 0 Å². The fourth-order valence-corrected chi connectivity index (χ4v) is 4.77. The molecule has 162 valence electrons. The first kappa shape index (κ1) is 21.2. The van der Waals surface area contributed by atoms with Crippen molar-refractivity contribution in [3.63, 3.8) is 0 Å². The zero-order chi connectivity index (χ0) is 21.1. The molecule has 1 aromatic heterocycles. The van der Waals surface area contributed by atoms with Crippen LogP contribution in [-0.2, 0) is 11.5 Å². The number of benzene rings is 1. The highest BCUT2D eigenvalue weighted by atomic mass is 32.1. The van der Waals surface area contributed by atoms with Crippen LogP contribution in [0, 0.1) is 24.5 Å². The summed E-state index contributed by atoms with van der Waals surface area (Å²) in [5.41, 5.74) is 3.35. The fraction of sp³-hybridized carbons (Fsp3) is 0.636. The predicted octanol–water partition coefficient (Wildman–Crippen LogP) is 3.49. The summed E-state index contributed by atoms with van der Waals surface area (Å²) in [6, 6.07) is 6.13. The van der Waals surface area contributed by atoms with Gasteiger partial charge in [-0.2, -0.15) is 4.68 Å². The Balaban J connectivity index is 1.37. The minimum atomic E-state index is 0.165. The van der Waals surface area contributed by atoms with Gasteiger partial charge in [0.2, 0.25) is 10.7 Å². The van der Waals surface area contributed by atoms with Gasteiger partial charge >= 0.3 is 0 Å². The maximum absolute atomic E-state index is 12.9. The third-order valence-electron chi connectivity index (χ3n) is 6.63. The molecule has 0 unspecified atom stereocenters. The second-order valence-electron chi connectivity index (χ2n) is 8.67. The number of hydrogen-bond donors (Lipinski definition) is 0. The van der Waals surface area contributed by atoms with Gasteiger partial charge in [-0.3, -0.25) is 9.69 Å². The van der Waals surface area contributed by atoms with E-state index >= 15 is 0 Å². The van der Waals surface area contributed by atoms with Crippen LogP contribution in [0.4, 0.5) is 0 Å². The molecular weight excluding hydrogens is 396 g/mol. The van der Waals surface area contributed by atoms with Crippen LogP contribution in [0.3, 0.4) is 0 Å². The van der Waals surface area contributed by atoms with Crippen LogP contribution in [0.15, 0.2) is 18.2 Å². The normalized spacial score (nSPS) is 19.1. The average Bonchev–Trinajstić information content (AvgIpc) is 2.96. The molecule has 2 aromatic rings. The molecule has 0 radical (unpaired) electrons. The molecule has 0 atom stereocenters. The topological polar surface area (TPSA) is 59.2 Å². The van der Waals surface area contributed by atoms with E-state index in [2.05, 4.69) is 40.1 Å². The molecule has 0 saturated carbocycles. The molecule has 0 spiro atoms. The van der Waals surface area contributed by atoms with E-state index < -0.39 is 0 Å². The Labute approximate surface area is 183 Å². The van der Waals surface area contributed by atoms with Crippen LogP contribution >= 0.6 is 12.2 Å². The van der Waals surface area contributed by atoms with Crippen molar-refractivity contribution < 1.29 is 4.79 Å². The Hall–Kier alpha value is -2.06. The number of amides is 1. The molecule has 30 heavy (non-hydrogen) atoms. The number of piperidine rings is 1. The molecule has 2 saturated heterocycles. The smallest absolute Gasteiger partial charge is 0.225 e. The van der Waals surface area contributed by atoms with E-state index in [1.807, 2.05) is 12.1 Å². The number of carbonyl (C=O) groups excluding carboxylic acids is 1. The monoisotopic (exact) mass is 428 g/mol. The first-order valence-corrected chi connectivity index (χ1v) is 11.6. The summed E-state index contributed by atoms with van der Waals surface area (Å²) in [5, 5.41) is 8.61. The Morgan fingerprint density at radius 2 is 1.73 bits per heavy atom. The summed E-state index contributed by atoms with van der Waals surface area (Å²) in [4.78, 5) is 17.3. The third kappa shape index (κ3) is 4.49.